The quantitative estimate of drug-likeness (QED) is 0.869. The van der Waals surface area contributed by atoms with Crippen molar-refractivity contribution in [2.24, 2.45) is 5.73 Å². The van der Waals surface area contributed by atoms with Crippen molar-refractivity contribution in [2.45, 2.75) is 13.0 Å². The normalized spacial score (nSPS) is 12.2. The van der Waals surface area contributed by atoms with Crippen LogP contribution in [0.15, 0.2) is 46.9 Å². The van der Waals surface area contributed by atoms with Crippen molar-refractivity contribution in [1.82, 2.24) is 0 Å². The van der Waals surface area contributed by atoms with Gasteiger partial charge in [0.05, 0.1) is 9.50 Å². The summed E-state index contributed by atoms with van der Waals surface area (Å²) in [5, 5.41) is 0.556. The summed E-state index contributed by atoms with van der Waals surface area (Å²) in [5.41, 5.74) is 6.79. The Morgan fingerprint density at radius 3 is 2.50 bits per heavy atom. The van der Waals surface area contributed by atoms with E-state index in [0.717, 1.165) is 15.8 Å². The molecule has 0 bridgehead atoms. The van der Waals surface area contributed by atoms with E-state index < -0.39 is 0 Å². The molecule has 0 heterocycles. The predicted molar refractivity (Wildman–Crippen MR) is 78.3 cm³/mol. The molecule has 94 valence electrons. The lowest BCUT2D eigenvalue weighted by Crippen LogP contribution is -2.04. The third-order valence-corrected chi connectivity index (χ3v) is 3.49. The largest absolute Gasteiger partial charge is 0.455 e. The molecule has 4 heteroatoms. The molecule has 0 aliphatic carbocycles. The first-order valence-electron chi connectivity index (χ1n) is 5.55. The Bertz CT molecular complexity index is 557. The van der Waals surface area contributed by atoms with Gasteiger partial charge in [-0.05, 0) is 52.7 Å². The first-order chi connectivity index (χ1) is 8.58. The smallest absolute Gasteiger partial charge is 0.146 e. The highest BCUT2D eigenvalue weighted by molar-refractivity contribution is 9.10. The maximum absolute atomic E-state index is 6.18. The van der Waals surface area contributed by atoms with Gasteiger partial charge in [0.1, 0.15) is 11.5 Å². The Kier molecular flexibility index (Phi) is 4.27. The molecular weight excluding hydrogens is 314 g/mol. The highest BCUT2D eigenvalue weighted by Gasteiger charge is 2.08. The zero-order chi connectivity index (χ0) is 13.1. The number of halogens is 2. The van der Waals surface area contributed by atoms with Crippen molar-refractivity contribution >= 4 is 27.5 Å². The summed E-state index contributed by atoms with van der Waals surface area (Å²) in [5.74, 6) is 1.35. The van der Waals surface area contributed by atoms with E-state index in [1.165, 1.54) is 0 Å². The second-order valence-corrected chi connectivity index (χ2v) is 5.27. The van der Waals surface area contributed by atoms with Gasteiger partial charge in [0, 0.05) is 6.04 Å². The van der Waals surface area contributed by atoms with Gasteiger partial charge in [-0.2, -0.15) is 0 Å². The molecule has 0 saturated carbocycles. The molecule has 0 amide bonds. The van der Waals surface area contributed by atoms with Crippen LogP contribution in [0.2, 0.25) is 5.02 Å². The number of nitrogens with two attached hydrogens (primary N) is 1. The molecule has 18 heavy (non-hydrogen) atoms. The van der Waals surface area contributed by atoms with Crippen LogP contribution >= 0.6 is 27.5 Å². The van der Waals surface area contributed by atoms with Crippen LogP contribution in [0.1, 0.15) is 18.5 Å². The average Bonchev–Trinajstić information content (AvgIpc) is 2.34. The summed E-state index contributed by atoms with van der Waals surface area (Å²) in [4.78, 5) is 0. The van der Waals surface area contributed by atoms with Crippen LogP contribution in [0.5, 0.6) is 11.5 Å². The second-order valence-electron chi connectivity index (χ2n) is 4.01. The molecule has 2 aromatic rings. The minimum atomic E-state index is -0.0417. The molecule has 2 nitrogen and oxygen atoms in total. The fourth-order valence-electron chi connectivity index (χ4n) is 1.53. The first-order valence-corrected chi connectivity index (χ1v) is 6.72. The van der Waals surface area contributed by atoms with E-state index in [-0.39, 0.29) is 6.04 Å². The Morgan fingerprint density at radius 2 is 1.89 bits per heavy atom. The van der Waals surface area contributed by atoms with Crippen LogP contribution in [0, 0.1) is 0 Å². The number of benzene rings is 2. The van der Waals surface area contributed by atoms with Crippen LogP contribution in [-0.4, -0.2) is 0 Å². The van der Waals surface area contributed by atoms with E-state index in [9.17, 15) is 0 Å². The van der Waals surface area contributed by atoms with Crippen molar-refractivity contribution < 1.29 is 4.74 Å². The predicted octanol–water partition coefficient (Wildman–Crippen LogP) is 4.91. The SMILES string of the molecule is C[C@@H](N)c1ccc(Oc2ccccc2Br)c(Cl)c1. The van der Waals surface area contributed by atoms with E-state index >= 15 is 0 Å². The average molecular weight is 327 g/mol. The molecule has 0 unspecified atom stereocenters. The van der Waals surface area contributed by atoms with Crippen LogP contribution in [0.4, 0.5) is 0 Å². The molecule has 0 spiro atoms. The van der Waals surface area contributed by atoms with Gasteiger partial charge >= 0.3 is 0 Å². The molecule has 0 aliphatic rings. The maximum atomic E-state index is 6.18. The van der Waals surface area contributed by atoms with Gasteiger partial charge in [0.25, 0.3) is 0 Å². The van der Waals surface area contributed by atoms with Gasteiger partial charge in [0.15, 0.2) is 0 Å². The fraction of sp³-hybridized carbons (Fsp3) is 0.143. The lowest BCUT2D eigenvalue weighted by Gasteiger charge is -2.11. The van der Waals surface area contributed by atoms with Gasteiger partial charge in [-0.25, -0.2) is 0 Å². The summed E-state index contributed by atoms with van der Waals surface area (Å²) >= 11 is 9.61. The van der Waals surface area contributed by atoms with E-state index in [2.05, 4.69) is 15.9 Å². The molecule has 0 aliphatic heterocycles. The number of hydrogen-bond donors (Lipinski definition) is 1. The van der Waals surface area contributed by atoms with E-state index in [1.807, 2.05) is 49.4 Å². The molecule has 2 aromatic carbocycles. The Labute approximate surface area is 120 Å². The van der Waals surface area contributed by atoms with Crippen molar-refractivity contribution in [3.05, 3.63) is 57.5 Å². The van der Waals surface area contributed by atoms with Gasteiger partial charge in [0.2, 0.25) is 0 Å². The van der Waals surface area contributed by atoms with Crippen molar-refractivity contribution in [1.29, 1.82) is 0 Å². The minimum absolute atomic E-state index is 0.0417. The van der Waals surface area contributed by atoms with Crippen molar-refractivity contribution in [2.75, 3.05) is 0 Å². The van der Waals surface area contributed by atoms with Gasteiger partial charge in [-0.3, -0.25) is 0 Å². The fourth-order valence-corrected chi connectivity index (χ4v) is 2.12. The molecule has 0 fully saturated rings. The summed E-state index contributed by atoms with van der Waals surface area (Å²) in [6.07, 6.45) is 0. The lowest BCUT2D eigenvalue weighted by atomic mass is 10.1. The third kappa shape index (κ3) is 3.05. The van der Waals surface area contributed by atoms with Gasteiger partial charge in [-0.1, -0.05) is 29.8 Å². The summed E-state index contributed by atoms with van der Waals surface area (Å²) in [6, 6.07) is 13.2. The highest BCUT2D eigenvalue weighted by atomic mass is 79.9. The van der Waals surface area contributed by atoms with E-state index in [4.69, 9.17) is 22.1 Å². The summed E-state index contributed by atoms with van der Waals surface area (Å²) < 4.78 is 6.64. The van der Waals surface area contributed by atoms with E-state index in [1.54, 1.807) is 0 Å². The van der Waals surface area contributed by atoms with Crippen molar-refractivity contribution in [3.8, 4) is 11.5 Å². The zero-order valence-corrected chi connectivity index (χ0v) is 12.2. The maximum Gasteiger partial charge on any atom is 0.146 e. The highest BCUT2D eigenvalue weighted by Crippen LogP contribution is 2.34. The molecule has 0 aromatic heterocycles. The second kappa shape index (κ2) is 5.74. The van der Waals surface area contributed by atoms with Crippen molar-refractivity contribution in [3.63, 3.8) is 0 Å². The summed E-state index contributed by atoms with van der Waals surface area (Å²) in [7, 11) is 0. The Morgan fingerprint density at radius 1 is 1.17 bits per heavy atom. The Balaban J connectivity index is 2.28. The number of ether oxygens (including phenoxy) is 1. The monoisotopic (exact) mass is 325 g/mol. The molecule has 2 N–H and O–H groups in total. The molecule has 0 radical (unpaired) electrons. The van der Waals surface area contributed by atoms with Crippen LogP contribution < -0.4 is 10.5 Å². The number of para-hydroxylation sites is 1. The topological polar surface area (TPSA) is 35.2 Å². The van der Waals surface area contributed by atoms with Crippen LogP contribution in [-0.2, 0) is 0 Å². The standard InChI is InChI=1S/C14H13BrClNO/c1-9(17)10-6-7-14(12(16)8-10)18-13-5-3-2-4-11(13)15/h2-9H,17H2,1H3/t9-/m1/s1. The molecule has 0 saturated heterocycles. The lowest BCUT2D eigenvalue weighted by molar-refractivity contribution is 0.479. The van der Waals surface area contributed by atoms with Crippen LogP contribution in [0.25, 0.3) is 0 Å². The van der Waals surface area contributed by atoms with Gasteiger partial charge in [-0.15, -0.1) is 0 Å². The number of hydrogen-bond acceptors (Lipinski definition) is 2. The first kappa shape index (κ1) is 13.4. The number of rotatable bonds is 3. The van der Waals surface area contributed by atoms with E-state index in [0.29, 0.717) is 10.8 Å². The third-order valence-electron chi connectivity index (χ3n) is 2.54. The molecule has 2 rings (SSSR count). The Hall–Kier alpha value is -1.03. The van der Waals surface area contributed by atoms with Crippen LogP contribution in [0.3, 0.4) is 0 Å². The molecule has 1 atom stereocenters. The molecular formula is C14H13BrClNO. The minimum Gasteiger partial charge on any atom is -0.455 e. The summed E-state index contributed by atoms with van der Waals surface area (Å²) in [6.45, 7) is 1.92. The zero-order valence-electron chi connectivity index (χ0n) is 9.86. The van der Waals surface area contributed by atoms with Gasteiger partial charge < -0.3 is 10.5 Å².